The molecule has 0 N–H and O–H groups in total. The minimum Gasteiger partial charge on any atom is -0.306 e. The number of thiazole rings is 1. The molecule has 1 aromatic carbocycles. The van der Waals surface area contributed by atoms with Gasteiger partial charge in [0.05, 0.1) is 16.6 Å². The molecule has 0 amide bonds. The first-order valence-electron chi connectivity index (χ1n) is 10.00. The maximum Gasteiger partial charge on any atom is 0.139 e. The summed E-state index contributed by atoms with van der Waals surface area (Å²) in [7, 11) is 0. The van der Waals surface area contributed by atoms with E-state index in [1.807, 2.05) is 35.9 Å². The van der Waals surface area contributed by atoms with Crippen LogP contribution in [0.2, 0.25) is 0 Å². The van der Waals surface area contributed by atoms with Gasteiger partial charge in [-0.1, -0.05) is 13.0 Å². The van der Waals surface area contributed by atoms with Crippen molar-refractivity contribution in [2.24, 2.45) is 0 Å². The standard InChI is InChI=1S/C24H20N4OS/c1-2-4-19(29)13-23-27-21-12-18(17-6-7-22-26-9-10-28(22)15-17)11-20(24(21)30-23)16-5-3-8-25-14-16/h3,5-12,14-15H,2,4,13H2,1H3. The second-order valence-corrected chi connectivity index (χ2v) is 8.38. The van der Waals surface area contributed by atoms with Crippen molar-refractivity contribution in [3.63, 3.8) is 0 Å². The SMILES string of the molecule is CCCC(=O)Cc1nc2cc(-c3ccc4nccn4c3)cc(-c3cccnc3)c2s1. The van der Waals surface area contributed by atoms with Gasteiger partial charge in [0.1, 0.15) is 16.4 Å². The molecule has 0 spiro atoms. The number of hydrogen-bond acceptors (Lipinski definition) is 5. The molecule has 30 heavy (non-hydrogen) atoms. The second kappa shape index (κ2) is 7.80. The smallest absolute Gasteiger partial charge is 0.139 e. The fourth-order valence-corrected chi connectivity index (χ4v) is 4.79. The average molecular weight is 413 g/mol. The van der Waals surface area contributed by atoms with Crippen LogP contribution in [-0.4, -0.2) is 25.1 Å². The summed E-state index contributed by atoms with van der Waals surface area (Å²) in [6.07, 6.45) is 11.3. The summed E-state index contributed by atoms with van der Waals surface area (Å²) in [5.41, 5.74) is 6.13. The van der Waals surface area contributed by atoms with E-state index in [1.54, 1.807) is 23.7 Å². The summed E-state index contributed by atoms with van der Waals surface area (Å²) in [6, 6.07) is 12.4. The Morgan fingerprint density at radius 2 is 2.03 bits per heavy atom. The normalized spacial score (nSPS) is 11.4. The average Bonchev–Trinajstić information content (AvgIpc) is 3.39. The molecule has 5 aromatic rings. The van der Waals surface area contributed by atoms with Crippen molar-refractivity contribution < 1.29 is 4.79 Å². The minimum absolute atomic E-state index is 0.241. The van der Waals surface area contributed by atoms with Gasteiger partial charge in [0.25, 0.3) is 0 Å². The molecule has 5 rings (SSSR count). The largest absolute Gasteiger partial charge is 0.306 e. The lowest BCUT2D eigenvalue weighted by Gasteiger charge is -2.08. The van der Waals surface area contributed by atoms with Crippen molar-refractivity contribution >= 4 is 33.0 Å². The number of rotatable bonds is 6. The van der Waals surface area contributed by atoms with Gasteiger partial charge in [0, 0.05) is 48.5 Å². The maximum absolute atomic E-state index is 12.2. The Kier molecular flexibility index (Phi) is 4.85. The zero-order valence-corrected chi connectivity index (χ0v) is 17.4. The number of fused-ring (bicyclic) bond motifs is 2. The van der Waals surface area contributed by atoms with Gasteiger partial charge in [-0.3, -0.25) is 9.78 Å². The zero-order chi connectivity index (χ0) is 20.5. The number of Topliss-reactive ketones (excluding diaryl/α,β-unsaturated/α-hetero) is 1. The molecular weight excluding hydrogens is 392 g/mol. The van der Waals surface area contributed by atoms with E-state index >= 15 is 0 Å². The Morgan fingerprint density at radius 3 is 2.87 bits per heavy atom. The van der Waals surface area contributed by atoms with Crippen molar-refractivity contribution in [3.05, 3.63) is 72.4 Å². The summed E-state index contributed by atoms with van der Waals surface area (Å²) in [4.78, 5) is 25.6. The molecule has 0 aliphatic heterocycles. The molecule has 0 atom stereocenters. The summed E-state index contributed by atoms with van der Waals surface area (Å²) < 4.78 is 3.11. The number of carbonyl (C=O) groups is 1. The van der Waals surface area contributed by atoms with Crippen molar-refractivity contribution in [2.45, 2.75) is 26.2 Å². The van der Waals surface area contributed by atoms with Crippen LogP contribution in [0.25, 0.3) is 38.1 Å². The molecule has 0 radical (unpaired) electrons. The number of ketones is 1. The molecule has 0 bridgehead atoms. The van der Waals surface area contributed by atoms with Gasteiger partial charge in [-0.2, -0.15) is 0 Å². The summed E-state index contributed by atoms with van der Waals surface area (Å²) in [5.74, 6) is 0.241. The van der Waals surface area contributed by atoms with Crippen molar-refractivity contribution in [3.8, 4) is 22.3 Å². The predicted octanol–water partition coefficient (Wildman–Crippen LogP) is 5.58. The predicted molar refractivity (Wildman–Crippen MR) is 121 cm³/mol. The van der Waals surface area contributed by atoms with Crippen LogP contribution < -0.4 is 0 Å². The van der Waals surface area contributed by atoms with Crippen LogP contribution in [0.1, 0.15) is 24.8 Å². The lowest BCUT2D eigenvalue weighted by Crippen LogP contribution is -2.00. The molecule has 4 heterocycles. The molecule has 6 heteroatoms. The van der Waals surface area contributed by atoms with E-state index in [0.717, 1.165) is 49.5 Å². The van der Waals surface area contributed by atoms with Gasteiger partial charge in [-0.25, -0.2) is 9.97 Å². The van der Waals surface area contributed by atoms with E-state index in [-0.39, 0.29) is 5.78 Å². The van der Waals surface area contributed by atoms with Crippen LogP contribution in [0, 0.1) is 0 Å². The molecule has 148 valence electrons. The molecule has 0 unspecified atom stereocenters. The highest BCUT2D eigenvalue weighted by Gasteiger charge is 2.15. The van der Waals surface area contributed by atoms with Crippen molar-refractivity contribution in [1.82, 2.24) is 19.4 Å². The van der Waals surface area contributed by atoms with E-state index in [4.69, 9.17) is 4.98 Å². The van der Waals surface area contributed by atoms with Gasteiger partial charge in [-0.05, 0) is 47.9 Å². The molecule has 5 nitrogen and oxygen atoms in total. The fourth-order valence-electron chi connectivity index (χ4n) is 3.68. The van der Waals surface area contributed by atoms with Crippen LogP contribution in [0.15, 0.2) is 67.4 Å². The Bertz CT molecular complexity index is 1350. The Morgan fingerprint density at radius 1 is 1.10 bits per heavy atom. The first kappa shape index (κ1) is 18.6. The van der Waals surface area contributed by atoms with Gasteiger partial charge in [0.2, 0.25) is 0 Å². The topological polar surface area (TPSA) is 60.2 Å². The number of carbonyl (C=O) groups excluding carboxylic acids is 1. The third-order valence-electron chi connectivity index (χ3n) is 5.11. The van der Waals surface area contributed by atoms with Crippen LogP contribution in [-0.2, 0) is 11.2 Å². The van der Waals surface area contributed by atoms with E-state index < -0.39 is 0 Å². The Balaban J connectivity index is 1.67. The van der Waals surface area contributed by atoms with Crippen molar-refractivity contribution in [2.75, 3.05) is 0 Å². The van der Waals surface area contributed by atoms with Gasteiger partial charge < -0.3 is 4.40 Å². The number of hydrogen-bond donors (Lipinski definition) is 0. The van der Waals surface area contributed by atoms with Crippen LogP contribution in [0.4, 0.5) is 0 Å². The van der Waals surface area contributed by atoms with Crippen LogP contribution >= 0.6 is 11.3 Å². The molecule has 0 fully saturated rings. The highest BCUT2D eigenvalue weighted by molar-refractivity contribution is 7.19. The number of nitrogens with zero attached hydrogens (tertiary/aromatic N) is 4. The van der Waals surface area contributed by atoms with Crippen molar-refractivity contribution in [1.29, 1.82) is 0 Å². The molecule has 4 aromatic heterocycles. The van der Waals surface area contributed by atoms with Gasteiger partial charge >= 0.3 is 0 Å². The Hall–Kier alpha value is -3.38. The molecule has 0 aliphatic carbocycles. The first-order chi connectivity index (χ1) is 14.7. The fraction of sp³-hybridized carbons (Fsp3) is 0.167. The molecular formula is C24H20N4OS. The maximum atomic E-state index is 12.2. The van der Waals surface area contributed by atoms with Crippen LogP contribution in [0.5, 0.6) is 0 Å². The number of imidazole rings is 1. The number of aromatic nitrogens is 4. The third-order valence-corrected chi connectivity index (χ3v) is 6.21. The van der Waals surface area contributed by atoms with Crippen LogP contribution in [0.3, 0.4) is 0 Å². The van der Waals surface area contributed by atoms with E-state index in [1.165, 1.54) is 0 Å². The van der Waals surface area contributed by atoms with E-state index in [9.17, 15) is 4.79 Å². The molecule has 0 saturated carbocycles. The monoisotopic (exact) mass is 412 g/mol. The first-order valence-corrected chi connectivity index (χ1v) is 10.8. The summed E-state index contributed by atoms with van der Waals surface area (Å²) >= 11 is 1.61. The highest BCUT2D eigenvalue weighted by Crippen LogP contribution is 2.37. The quantitative estimate of drug-likeness (QED) is 0.365. The molecule has 0 aliphatic rings. The van der Waals surface area contributed by atoms with Gasteiger partial charge in [-0.15, -0.1) is 11.3 Å². The molecule has 0 saturated heterocycles. The van der Waals surface area contributed by atoms with Gasteiger partial charge in [0.15, 0.2) is 0 Å². The zero-order valence-electron chi connectivity index (χ0n) is 16.6. The number of benzene rings is 1. The van der Waals surface area contributed by atoms with E-state index in [0.29, 0.717) is 12.8 Å². The summed E-state index contributed by atoms with van der Waals surface area (Å²) in [6.45, 7) is 2.03. The summed E-state index contributed by atoms with van der Waals surface area (Å²) in [5, 5.41) is 0.871. The Labute approximate surface area is 178 Å². The number of pyridine rings is 2. The lowest BCUT2D eigenvalue weighted by atomic mass is 10.00. The highest BCUT2D eigenvalue weighted by atomic mass is 32.1. The minimum atomic E-state index is 0.241. The third kappa shape index (κ3) is 3.50. The van der Waals surface area contributed by atoms with E-state index in [2.05, 4.69) is 40.4 Å². The lowest BCUT2D eigenvalue weighted by molar-refractivity contribution is -0.118. The second-order valence-electron chi connectivity index (χ2n) is 7.30.